The maximum atomic E-state index is 6.08. The van der Waals surface area contributed by atoms with Gasteiger partial charge in [0.25, 0.3) is 0 Å². The highest BCUT2D eigenvalue weighted by atomic mass is 79.9. The quantitative estimate of drug-likeness (QED) is 0.571. The van der Waals surface area contributed by atoms with E-state index in [-0.39, 0.29) is 0 Å². The van der Waals surface area contributed by atoms with E-state index in [9.17, 15) is 0 Å². The number of morpholine rings is 1. The third-order valence-electron chi connectivity index (χ3n) is 3.35. The molecule has 1 aliphatic heterocycles. The van der Waals surface area contributed by atoms with Crippen LogP contribution in [0.3, 0.4) is 0 Å². The van der Waals surface area contributed by atoms with Crippen molar-refractivity contribution in [3.63, 3.8) is 0 Å². The van der Waals surface area contributed by atoms with Crippen LogP contribution in [0.15, 0.2) is 17.3 Å². The van der Waals surface area contributed by atoms with Crippen molar-refractivity contribution in [1.29, 1.82) is 0 Å². The molecule has 0 N–H and O–H groups in total. The summed E-state index contributed by atoms with van der Waals surface area (Å²) in [5.74, 6) is 0.493. The highest BCUT2D eigenvalue weighted by Crippen LogP contribution is 2.08. The molecular formula is C15H19BrClN3O2. The molecule has 1 saturated heterocycles. The second kappa shape index (κ2) is 8.62. The second-order valence-corrected chi connectivity index (χ2v) is 5.97. The molecule has 0 atom stereocenters. The highest BCUT2D eigenvalue weighted by molar-refractivity contribution is 9.15. The van der Waals surface area contributed by atoms with E-state index in [1.165, 1.54) is 0 Å². The van der Waals surface area contributed by atoms with Gasteiger partial charge >= 0.3 is 0 Å². The van der Waals surface area contributed by atoms with Crippen LogP contribution in [0.4, 0.5) is 0 Å². The molecule has 1 aliphatic rings. The maximum absolute atomic E-state index is 6.08. The van der Waals surface area contributed by atoms with Crippen LogP contribution >= 0.6 is 27.5 Å². The Kier molecular flexibility index (Phi) is 6.82. The lowest BCUT2D eigenvalue weighted by atomic mass is 10.3. The molecule has 0 aromatic carbocycles. The molecule has 0 aliphatic carbocycles. The zero-order valence-electron chi connectivity index (χ0n) is 12.5. The first kappa shape index (κ1) is 17.4. The van der Waals surface area contributed by atoms with Gasteiger partial charge < -0.3 is 9.47 Å². The molecule has 7 heteroatoms. The van der Waals surface area contributed by atoms with Crippen LogP contribution in [-0.2, 0) is 9.47 Å². The minimum Gasteiger partial charge on any atom is -0.476 e. The summed E-state index contributed by atoms with van der Waals surface area (Å²) in [5, 5.41) is 1.85. The van der Waals surface area contributed by atoms with Gasteiger partial charge in [-0.15, -0.1) is 0 Å². The van der Waals surface area contributed by atoms with Crippen molar-refractivity contribution in [3.8, 4) is 0 Å². The van der Waals surface area contributed by atoms with E-state index in [2.05, 4.69) is 37.4 Å². The average Bonchev–Trinajstić information content (AvgIpc) is 2.54. The molecule has 2 heterocycles. The van der Waals surface area contributed by atoms with Gasteiger partial charge in [-0.25, -0.2) is 0 Å². The third kappa shape index (κ3) is 4.52. The Bertz CT molecular complexity index is 645. The Morgan fingerprint density at radius 1 is 1.55 bits per heavy atom. The van der Waals surface area contributed by atoms with Crippen molar-refractivity contribution in [2.45, 2.75) is 0 Å². The van der Waals surface area contributed by atoms with E-state index in [0.29, 0.717) is 32.6 Å². The van der Waals surface area contributed by atoms with Crippen LogP contribution in [0.1, 0.15) is 0 Å². The van der Waals surface area contributed by atoms with Gasteiger partial charge in [-0.05, 0) is 22.0 Å². The minimum atomic E-state index is 0.493. The van der Waals surface area contributed by atoms with Crippen LogP contribution < -0.4 is 10.6 Å². The number of hydrogen-bond donors (Lipinski definition) is 0. The molecule has 0 saturated carbocycles. The summed E-state index contributed by atoms with van der Waals surface area (Å²) in [6, 6.07) is 1.70. The molecule has 0 unspecified atom stereocenters. The topological polar surface area (TPSA) is 47.0 Å². The Labute approximate surface area is 143 Å². The van der Waals surface area contributed by atoms with E-state index >= 15 is 0 Å². The molecule has 0 bridgehead atoms. The standard InChI is InChI=1S/C15H19BrClN3O2/c1-11-12(17)3-4-19-14(11)13(16)15(18-2)22-10-7-20-5-8-21-9-6-20/h3-4H,1,5-10H2,2H3/b14-13-,18-15?. The number of aliphatic imine (C=N–C) groups is 1. The predicted molar refractivity (Wildman–Crippen MR) is 92.9 cm³/mol. The van der Waals surface area contributed by atoms with E-state index in [1.807, 2.05) is 0 Å². The van der Waals surface area contributed by atoms with Crippen molar-refractivity contribution >= 4 is 44.5 Å². The smallest absolute Gasteiger partial charge is 0.225 e. The molecule has 1 aromatic rings. The van der Waals surface area contributed by atoms with Gasteiger partial charge in [-0.2, -0.15) is 0 Å². The lowest BCUT2D eigenvalue weighted by molar-refractivity contribution is 0.0316. The minimum absolute atomic E-state index is 0.493. The zero-order chi connectivity index (χ0) is 15.9. The van der Waals surface area contributed by atoms with E-state index in [4.69, 9.17) is 21.1 Å². The van der Waals surface area contributed by atoms with Crippen molar-refractivity contribution in [1.82, 2.24) is 9.88 Å². The second-order valence-electron chi connectivity index (χ2n) is 4.77. The van der Waals surface area contributed by atoms with Crippen molar-refractivity contribution < 1.29 is 9.47 Å². The largest absolute Gasteiger partial charge is 0.476 e. The molecule has 0 amide bonds. The molecule has 5 nitrogen and oxygen atoms in total. The highest BCUT2D eigenvalue weighted by Gasteiger charge is 2.12. The first-order valence-corrected chi connectivity index (χ1v) is 8.20. The van der Waals surface area contributed by atoms with Gasteiger partial charge in [0, 0.05) is 38.1 Å². The summed E-state index contributed by atoms with van der Waals surface area (Å²) in [6.45, 7) is 8.75. The fraction of sp³-hybridized carbons (Fsp3) is 0.467. The van der Waals surface area contributed by atoms with Crippen LogP contribution in [0, 0.1) is 0 Å². The SMILES string of the molecule is C=c1c(Cl)ccn/c1=C(\Br)C(=NC)OCCN1CCOCC1. The van der Waals surface area contributed by atoms with Crippen molar-refractivity contribution in [2.75, 3.05) is 46.5 Å². The number of nitrogens with zero attached hydrogens (tertiary/aromatic N) is 3. The molecule has 120 valence electrons. The van der Waals surface area contributed by atoms with Crippen molar-refractivity contribution in [3.05, 3.63) is 27.9 Å². The first-order valence-electron chi connectivity index (χ1n) is 7.02. The fourth-order valence-electron chi connectivity index (χ4n) is 2.08. The van der Waals surface area contributed by atoms with E-state index in [0.717, 1.165) is 32.8 Å². The molecule has 1 aromatic heterocycles. The van der Waals surface area contributed by atoms with E-state index < -0.39 is 0 Å². The van der Waals surface area contributed by atoms with Crippen LogP contribution in [0.2, 0.25) is 5.02 Å². The van der Waals surface area contributed by atoms with Gasteiger partial charge in [-0.3, -0.25) is 14.9 Å². The Balaban J connectivity index is 2.05. The average molecular weight is 389 g/mol. The van der Waals surface area contributed by atoms with Gasteiger partial charge in [-0.1, -0.05) is 18.2 Å². The zero-order valence-corrected chi connectivity index (χ0v) is 14.9. The summed E-state index contributed by atoms with van der Waals surface area (Å²) in [6.07, 6.45) is 1.63. The number of pyridine rings is 1. The summed E-state index contributed by atoms with van der Waals surface area (Å²) < 4.78 is 11.8. The van der Waals surface area contributed by atoms with E-state index in [1.54, 1.807) is 19.3 Å². The lowest BCUT2D eigenvalue weighted by Gasteiger charge is -2.26. The molecule has 1 fully saturated rings. The Morgan fingerprint density at radius 3 is 2.95 bits per heavy atom. The van der Waals surface area contributed by atoms with Crippen molar-refractivity contribution in [2.24, 2.45) is 4.99 Å². The lowest BCUT2D eigenvalue weighted by Crippen LogP contribution is -2.38. The summed E-state index contributed by atoms with van der Waals surface area (Å²) in [4.78, 5) is 10.8. The normalized spacial score (nSPS) is 18.2. The van der Waals surface area contributed by atoms with Gasteiger partial charge in [0.2, 0.25) is 5.90 Å². The summed E-state index contributed by atoms with van der Waals surface area (Å²) in [5.41, 5.74) is 0. The fourth-order valence-corrected chi connectivity index (χ4v) is 2.86. The number of aromatic nitrogens is 1. The Morgan fingerprint density at radius 2 is 2.27 bits per heavy atom. The third-order valence-corrected chi connectivity index (χ3v) is 4.42. The number of ether oxygens (including phenoxy) is 2. The molecule has 2 rings (SSSR count). The summed E-state index contributed by atoms with van der Waals surface area (Å²) >= 11 is 9.57. The first-order chi connectivity index (χ1) is 10.6. The van der Waals surface area contributed by atoms with Crippen LogP contribution in [0.5, 0.6) is 0 Å². The Hall–Kier alpha value is -0.950. The van der Waals surface area contributed by atoms with Crippen LogP contribution in [-0.4, -0.2) is 62.3 Å². The van der Waals surface area contributed by atoms with Gasteiger partial charge in [0.05, 0.1) is 23.6 Å². The monoisotopic (exact) mass is 387 g/mol. The van der Waals surface area contributed by atoms with Crippen LogP contribution in [0.25, 0.3) is 11.1 Å². The molecule has 0 spiro atoms. The number of halogens is 2. The van der Waals surface area contributed by atoms with Gasteiger partial charge in [0.15, 0.2) is 0 Å². The predicted octanol–water partition coefficient (Wildman–Crippen LogP) is 1.03. The number of rotatable bonds is 4. The summed E-state index contributed by atoms with van der Waals surface area (Å²) in [7, 11) is 1.68. The molecular weight excluding hydrogens is 370 g/mol. The molecule has 0 radical (unpaired) electrons. The molecule has 22 heavy (non-hydrogen) atoms. The van der Waals surface area contributed by atoms with Gasteiger partial charge in [0.1, 0.15) is 11.1 Å². The maximum Gasteiger partial charge on any atom is 0.225 e. The number of hydrogen-bond acceptors (Lipinski definition) is 5.